The van der Waals surface area contributed by atoms with Crippen LogP contribution in [0.25, 0.3) is 0 Å². The molecule has 0 bridgehead atoms. The summed E-state index contributed by atoms with van der Waals surface area (Å²) in [6.45, 7) is 6.08. The van der Waals surface area contributed by atoms with Gasteiger partial charge in [-0.25, -0.2) is 0 Å². The minimum Gasteiger partial charge on any atom is -0.369 e. The summed E-state index contributed by atoms with van der Waals surface area (Å²) in [5.41, 5.74) is 1.31. The lowest BCUT2D eigenvalue weighted by Gasteiger charge is -2.36. The van der Waals surface area contributed by atoms with Crippen molar-refractivity contribution in [3.63, 3.8) is 0 Å². The highest BCUT2D eigenvalue weighted by atomic mass is 16.1. The van der Waals surface area contributed by atoms with Gasteiger partial charge < -0.3 is 10.2 Å². The molecule has 1 heterocycles. The number of hydrogen-bond acceptors (Lipinski definition) is 4. The van der Waals surface area contributed by atoms with E-state index in [1.54, 1.807) is 0 Å². The van der Waals surface area contributed by atoms with Crippen LogP contribution in [0.2, 0.25) is 0 Å². The second kappa shape index (κ2) is 9.06. The van der Waals surface area contributed by atoms with Gasteiger partial charge in [-0.15, -0.1) is 0 Å². The largest absolute Gasteiger partial charge is 0.369 e. The van der Waals surface area contributed by atoms with Crippen molar-refractivity contribution in [1.82, 2.24) is 10.2 Å². The highest BCUT2D eigenvalue weighted by molar-refractivity contribution is 5.77. The molecule has 22 heavy (non-hydrogen) atoms. The number of nitrogens with one attached hydrogen (secondary N) is 1. The van der Waals surface area contributed by atoms with E-state index in [1.165, 1.54) is 5.69 Å². The molecule has 0 atom stereocenters. The van der Waals surface area contributed by atoms with Gasteiger partial charge in [0.25, 0.3) is 0 Å². The van der Waals surface area contributed by atoms with Crippen LogP contribution in [0, 0.1) is 11.3 Å². The lowest BCUT2D eigenvalue weighted by Crippen LogP contribution is -2.46. The molecule has 1 fully saturated rings. The van der Waals surface area contributed by atoms with Crippen molar-refractivity contribution in [3.05, 3.63) is 30.3 Å². The van der Waals surface area contributed by atoms with Crippen LogP contribution < -0.4 is 10.2 Å². The van der Waals surface area contributed by atoms with Gasteiger partial charge >= 0.3 is 0 Å². The molecular formula is C17H24N4O. The Balaban J connectivity index is 1.56. The van der Waals surface area contributed by atoms with Crippen molar-refractivity contribution >= 4 is 11.6 Å². The summed E-state index contributed by atoms with van der Waals surface area (Å²) in [6.07, 6.45) is 2.01. The van der Waals surface area contributed by atoms with Crippen LogP contribution in [0.4, 0.5) is 5.69 Å². The van der Waals surface area contributed by atoms with E-state index in [4.69, 9.17) is 5.26 Å². The van der Waals surface area contributed by atoms with Gasteiger partial charge in [-0.05, 0) is 31.5 Å². The Hall–Kier alpha value is -2.06. The van der Waals surface area contributed by atoms with E-state index in [0.717, 1.165) is 45.6 Å². The number of carbonyl (C=O) groups excluding carboxylic acids is 1. The SMILES string of the molecule is N#CCC(=O)NCCCCN1CCN(c2ccccc2)CC1. The Bertz CT molecular complexity index is 489. The molecule has 118 valence electrons. The molecule has 1 aliphatic heterocycles. The number of amides is 1. The Morgan fingerprint density at radius 3 is 2.55 bits per heavy atom. The number of hydrogen-bond donors (Lipinski definition) is 1. The van der Waals surface area contributed by atoms with E-state index >= 15 is 0 Å². The second-order valence-corrected chi connectivity index (χ2v) is 5.56. The van der Waals surface area contributed by atoms with Crippen molar-refractivity contribution in [2.24, 2.45) is 0 Å². The fourth-order valence-corrected chi connectivity index (χ4v) is 2.69. The molecule has 1 N–H and O–H groups in total. The van der Waals surface area contributed by atoms with Crippen molar-refractivity contribution in [2.75, 3.05) is 44.2 Å². The molecule has 5 heteroatoms. The first-order valence-electron chi connectivity index (χ1n) is 7.95. The van der Waals surface area contributed by atoms with Gasteiger partial charge in [0.1, 0.15) is 6.42 Å². The fraction of sp³-hybridized carbons (Fsp3) is 0.529. The zero-order chi connectivity index (χ0) is 15.6. The molecule has 1 aromatic rings. The first-order chi connectivity index (χ1) is 10.8. The first kappa shape index (κ1) is 16.3. The highest BCUT2D eigenvalue weighted by Crippen LogP contribution is 2.15. The number of rotatable bonds is 7. The summed E-state index contributed by atoms with van der Waals surface area (Å²) in [4.78, 5) is 16.0. The summed E-state index contributed by atoms with van der Waals surface area (Å²) in [5.74, 6) is -0.168. The van der Waals surface area contributed by atoms with Crippen LogP contribution in [0.5, 0.6) is 0 Å². The Kier molecular flexibility index (Phi) is 6.72. The topological polar surface area (TPSA) is 59.4 Å². The monoisotopic (exact) mass is 300 g/mol. The lowest BCUT2D eigenvalue weighted by atomic mass is 10.2. The number of unbranched alkanes of at least 4 members (excludes halogenated alkanes) is 1. The van der Waals surface area contributed by atoms with E-state index in [0.29, 0.717) is 6.54 Å². The van der Waals surface area contributed by atoms with Crippen LogP contribution in [-0.4, -0.2) is 50.1 Å². The van der Waals surface area contributed by atoms with Crippen LogP contribution >= 0.6 is 0 Å². The van der Waals surface area contributed by atoms with E-state index in [1.807, 2.05) is 6.07 Å². The first-order valence-corrected chi connectivity index (χ1v) is 7.95. The van der Waals surface area contributed by atoms with Crippen LogP contribution in [-0.2, 0) is 4.79 Å². The standard InChI is InChI=1S/C17H24N4O/c18-9-8-17(22)19-10-4-5-11-20-12-14-21(15-13-20)16-6-2-1-3-7-16/h1-3,6-7H,4-5,8,10-15H2,(H,19,22). The third kappa shape index (κ3) is 5.38. The number of carbonyl (C=O) groups is 1. The third-order valence-corrected chi connectivity index (χ3v) is 3.96. The highest BCUT2D eigenvalue weighted by Gasteiger charge is 2.16. The average Bonchev–Trinajstić information content (AvgIpc) is 2.56. The number of nitriles is 1. The minimum absolute atomic E-state index is 0.0402. The van der Waals surface area contributed by atoms with E-state index < -0.39 is 0 Å². The maximum atomic E-state index is 11.1. The van der Waals surface area contributed by atoms with E-state index in [9.17, 15) is 4.79 Å². The third-order valence-electron chi connectivity index (χ3n) is 3.96. The van der Waals surface area contributed by atoms with Gasteiger partial charge in [-0.2, -0.15) is 5.26 Å². The lowest BCUT2D eigenvalue weighted by molar-refractivity contribution is -0.120. The van der Waals surface area contributed by atoms with Gasteiger partial charge in [0.2, 0.25) is 5.91 Å². The van der Waals surface area contributed by atoms with Crippen LogP contribution in [0.15, 0.2) is 30.3 Å². The zero-order valence-electron chi connectivity index (χ0n) is 13.0. The normalized spacial score (nSPS) is 15.3. The van der Waals surface area contributed by atoms with Crippen molar-refractivity contribution in [2.45, 2.75) is 19.3 Å². The maximum absolute atomic E-state index is 11.1. The summed E-state index contributed by atoms with van der Waals surface area (Å²) in [5, 5.41) is 11.2. The van der Waals surface area contributed by atoms with Crippen molar-refractivity contribution < 1.29 is 4.79 Å². The summed E-state index contributed by atoms with van der Waals surface area (Å²) in [6, 6.07) is 12.4. The molecule has 0 radical (unpaired) electrons. The number of anilines is 1. The van der Waals surface area contributed by atoms with Gasteiger partial charge in [0.05, 0.1) is 6.07 Å². The average molecular weight is 300 g/mol. The molecule has 1 saturated heterocycles. The number of para-hydroxylation sites is 1. The summed E-state index contributed by atoms with van der Waals surface area (Å²) in [7, 11) is 0. The van der Waals surface area contributed by atoms with Gasteiger partial charge in [-0.3, -0.25) is 9.69 Å². The predicted molar refractivity (Wildman–Crippen MR) is 87.6 cm³/mol. The van der Waals surface area contributed by atoms with Gasteiger partial charge in [-0.1, -0.05) is 18.2 Å². The number of piperazine rings is 1. The molecule has 5 nitrogen and oxygen atoms in total. The fourth-order valence-electron chi connectivity index (χ4n) is 2.69. The molecule has 1 aliphatic rings. The molecule has 0 saturated carbocycles. The smallest absolute Gasteiger partial charge is 0.234 e. The van der Waals surface area contributed by atoms with Crippen LogP contribution in [0.1, 0.15) is 19.3 Å². The van der Waals surface area contributed by atoms with Crippen LogP contribution in [0.3, 0.4) is 0 Å². The van der Waals surface area contributed by atoms with E-state index in [-0.39, 0.29) is 12.3 Å². The second-order valence-electron chi connectivity index (χ2n) is 5.56. The molecule has 1 amide bonds. The zero-order valence-corrected chi connectivity index (χ0v) is 13.0. The summed E-state index contributed by atoms with van der Waals surface area (Å²) >= 11 is 0. The molecule has 0 aromatic heterocycles. The summed E-state index contributed by atoms with van der Waals surface area (Å²) < 4.78 is 0. The van der Waals surface area contributed by atoms with Crippen molar-refractivity contribution in [3.8, 4) is 6.07 Å². The molecule has 2 rings (SSSR count). The Labute approximate surface area is 132 Å². The van der Waals surface area contributed by atoms with Gasteiger partial charge in [0, 0.05) is 38.4 Å². The number of nitrogens with zero attached hydrogens (tertiary/aromatic N) is 3. The minimum atomic E-state index is -0.168. The Morgan fingerprint density at radius 2 is 1.86 bits per heavy atom. The van der Waals surface area contributed by atoms with E-state index in [2.05, 4.69) is 45.4 Å². The van der Waals surface area contributed by atoms with Crippen molar-refractivity contribution in [1.29, 1.82) is 5.26 Å². The molecular weight excluding hydrogens is 276 g/mol. The number of benzene rings is 1. The van der Waals surface area contributed by atoms with Gasteiger partial charge in [0.15, 0.2) is 0 Å². The quantitative estimate of drug-likeness (QED) is 0.777. The maximum Gasteiger partial charge on any atom is 0.234 e. The molecule has 0 aliphatic carbocycles. The molecule has 0 spiro atoms. The Morgan fingerprint density at radius 1 is 1.14 bits per heavy atom. The molecule has 1 aromatic carbocycles. The predicted octanol–water partition coefficient (Wildman–Crippen LogP) is 1.62. The molecule has 0 unspecified atom stereocenters.